The first-order valence-corrected chi connectivity index (χ1v) is 7.34. The van der Waals surface area contributed by atoms with Crippen molar-refractivity contribution in [2.45, 2.75) is 45.0 Å². The summed E-state index contributed by atoms with van der Waals surface area (Å²) in [5.41, 5.74) is 2.07. The molecule has 0 spiro atoms. The number of fused-ring (bicyclic) bond motifs is 1. The van der Waals surface area contributed by atoms with Gasteiger partial charge in [-0.3, -0.25) is 0 Å². The lowest BCUT2D eigenvalue weighted by Crippen LogP contribution is -2.10. The highest BCUT2D eigenvalue weighted by molar-refractivity contribution is 6.31. The Morgan fingerprint density at radius 1 is 1.33 bits per heavy atom. The van der Waals surface area contributed by atoms with Gasteiger partial charge < -0.3 is 4.57 Å². The lowest BCUT2D eigenvalue weighted by molar-refractivity contribution is 0.448. The second kappa shape index (κ2) is 5.94. The molecule has 0 aliphatic heterocycles. The Bertz CT molecular complexity index is 534. The van der Waals surface area contributed by atoms with Gasteiger partial charge in [0.15, 0.2) is 0 Å². The van der Waals surface area contributed by atoms with Crippen LogP contribution < -0.4 is 0 Å². The Kier molecular flexibility index (Phi) is 4.52. The predicted octanol–water partition coefficient (Wildman–Crippen LogP) is 5.18. The van der Waals surface area contributed by atoms with Crippen LogP contribution in [0.4, 0.5) is 0 Å². The summed E-state index contributed by atoms with van der Waals surface area (Å²) in [4.78, 5) is 4.60. The maximum Gasteiger partial charge on any atom is 0.125 e. The van der Waals surface area contributed by atoms with Crippen molar-refractivity contribution in [2.75, 3.05) is 0 Å². The molecule has 0 saturated carbocycles. The fourth-order valence-electron chi connectivity index (χ4n) is 2.47. The minimum absolute atomic E-state index is 0.437. The van der Waals surface area contributed by atoms with Gasteiger partial charge in [0.25, 0.3) is 0 Å². The minimum Gasteiger partial charge on any atom is -0.324 e. The molecule has 1 unspecified atom stereocenters. The molecule has 18 heavy (non-hydrogen) atoms. The molecule has 1 heterocycles. The van der Waals surface area contributed by atoms with E-state index in [2.05, 4.69) is 23.4 Å². The monoisotopic (exact) mass is 284 g/mol. The zero-order valence-electron chi connectivity index (χ0n) is 10.8. The zero-order chi connectivity index (χ0) is 13.1. The van der Waals surface area contributed by atoms with Crippen molar-refractivity contribution >= 4 is 34.2 Å². The molecule has 0 radical (unpaired) electrons. The number of halogens is 2. The summed E-state index contributed by atoms with van der Waals surface area (Å²) in [5, 5.41) is 0.746. The number of rotatable bonds is 5. The van der Waals surface area contributed by atoms with Gasteiger partial charge in [-0.25, -0.2) is 4.98 Å². The second-order valence-electron chi connectivity index (χ2n) is 4.52. The Morgan fingerprint density at radius 2 is 2.11 bits per heavy atom. The molecule has 0 N–H and O–H groups in total. The molecule has 0 bridgehead atoms. The van der Waals surface area contributed by atoms with Crippen LogP contribution in [0.2, 0.25) is 5.02 Å². The molecule has 2 nitrogen and oxygen atoms in total. The van der Waals surface area contributed by atoms with Gasteiger partial charge in [0.2, 0.25) is 0 Å². The summed E-state index contributed by atoms with van der Waals surface area (Å²) >= 11 is 12.1. The first kappa shape index (κ1) is 13.7. The van der Waals surface area contributed by atoms with Gasteiger partial charge in [0.1, 0.15) is 5.82 Å². The van der Waals surface area contributed by atoms with Crippen LogP contribution in [0, 0.1) is 0 Å². The summed E-state index contributed by atoms with van der Waals surface area (Å²) in [6.07, 6.45) is 3.37. The van der Waals surface area contributed by atoms with Gasteiger partial charge >= 0.3 is 0 Å². The quantitative estimate of drug-likeness (QED) is 0.692. The van der Waals surface area contributed by atoms with E-state index in [0.717, 1.165) is 41.1 Å². The molecule has 0 saturated heterocycles. The lowest BCUT2D eigenvalue weighted by Gasteiger charge is -2.19. The maximum absolute atomic E-state index is 6.09. The fraction of sp³-hybridized carbons (Fsp3) is 0.500. The first-order chi connectivity index (χ1) is 8.71. The number of nitrogens with zero attached hydrogens (tertiary/aromatic N) is 2. The smallest absolute Gasteiger partial charge is 0.125 e. The molecule has 4 heteroatoms. The van der Waals surface area contributed by atoms with E-state index in [4.69, 9.17) is 23.2 Å². The van der Waals surface area contributed by atoms with Gasteiger partial charge in [0.05, 0.1) is 16.9 Å². The molecule has 0 aliphatic carbocycles. The molecule has 1 aromatic heterocycles. The normalized spacial score (nSPS) is 13.1. The van der Waals surface area contributed by atoms with Gasteiger partial charge in [0, 0.05) is 11.1 Å². The Morgan fingerprint density at radius 3 is 2.72 bits per heavy atom. The van der Waals surface area contributed by atoms with Crippen LogP contribution in [0.3, 0.4) is 0 Å². The number of aromatic nitrogens is 2. The maximum atomic E-state index is 6.09. The van der Waals surface area contributed by atoms with Crippen molar-refractivity contribution in [3.05, 3.63) is 29.0 Å². The van der Waals surface area contributed by atoms with Crippen molar-refractivity contribution in [3.63, 3.8) is 0 Å². The van der Waals surface area contributed by atoms with E-state index in [1.807, 2.05) is 18.2 Å². The molecule has 1 aromatic carbocycles. The summed E-state index contributed by atoms with van der Waals surface area (Å²) < 4.78 is 2.26. The van der Waals surface area contributed by atoms with Crippen molar-refractivity contribution in [1.29, 1.82) is 0 Å². The molecule has 2 rings (SSSR count). The third-order valence-electron chi connectivity index (χ3n) is 3.30. The van der Waals surface area contributed by atoms with Gasteiger partial charge in [-0.1, -0.05) is 31.9 Å². The van der Waals surface area contributed by atoms with E-state index in [-0.39, 0.29) is 0 Å². The molecule has 0 fully saturated rings. The van der Waals surface area contributed by atoms with Crippen molar-refractivity contribution < 1.29 is 0 Å². The predicted molar refractivity (Wildman–Crippen MR) is 78.5 cm³/mol. The van der Waals surface area contributed by atoms with Crippen molar-refractivity contribution in [3.8, 4) is 0 Å². The van der Waals surface area contributed by atoms with E-state index < -0.39 is 0 Å². The summed E-state index contributed by atoms with van der Waals surface area (Å²) in [5.74, 6) is 1.38. The van der Waals surface area contributed by atoms with Crippen LogP contribution in [0.15, 0.2) is 18.2 Å². The third kappa shape index (κ3) is 2.50. The van der Waals surface area contributed by atoms with Crippen LogP contribution >= 0.6 is 23.2 Å². The third-order valence-corrected chi connectivity index (χ3v) is 3.78. The number of hydrogen-bond acceptors (Lipinski definition) is 1. The summed E-state index contributed by atoms with van der Waals surface area (Å²) in [6, 6.07) is 6.27. The Balaban J connectivity index is 2.60. The van der Waals surface area contributed by atoms with Gasteiger partial charge in [-0.05, 0) is 31.0 Å². The average molecular weight is 285 g/mol. The highest BCUT2D eigenvalue weighted by Gasteiger charge is 2.17. The van der Waals surface area contributed by atoms with Crippen LogP contribution in [-0.2, 0) is 5.88 Å². The minimum atomic E-state index is 0.437. The molecule has 1 atom stereocenters. The van der Waals surface area contributed by atoms with E-state index >= 15 is 0 Å². The molecular formula is C14H18Cl2N2. The largest absolute Gasteiger partial charge is 0.324 e. The van der Waals surface area contributed by atoms with E-state index in [9.17, 15) is 0 Å². The Hall–Kier alpha value is -0.730. The highest BCUT2D eigenvalue weighted by Crippen LogP contribution is 2.29. The van der Waals surface area contributed by atoms with Crippen molar-refractivity contribution in [1.82, 2.24) is 9.55 Å². The summed E-state index contributed by atoms with van der Waals surface area (Å²) in [6.45, 7) is 4.41. The SMILES string of the molecule is CCCC(CC)n1c(CCl)nc2ccc(Cl)cc21. The highest BCUT2D eigenvalue weighted by atomic mass is 35.5. The molecule has 0 aliphatic rings. The zero-order valence-corrected chi connectivity index (χ0v) is 12.3. The van der Waals surface area contributed by atoms with E-state index in [1.54, 1.807) is 0 Å². The number of alkyl halides is 1. The molecule has 98 valence electrons. The first-order valence-electron chi connectivity index (χ1n) is 6.43. The standard InChI is InChI=1S/C14H18Cl2N2/c1-3-5-11(4-2)18-13-8-10(16)6-7-12(13)17-14(18)9-15/h6-8,11H,3-5,9H2,1-2H3. The van der Waals surface area contributed by atoms with Crippen LogP contribution in [0.5, 0.6) is 0 Å². The van der Waals surface area contributed by atoms with E-state index in [1.165, 1.54) is 0 Å². The molecule has 0 amide bonds. The van der Waals surface area contributed by atoms with Crippen LogP contribution in [0.25, 0.3) is 11.0 Å². The number of benzene rings is 1. The molecular weight excluding hydrogens is 267 g/mol. The molecule has 2 aromatic rings. The van der Waals surface area contributed by atoms with Gasteiger partial charge in [-0.15, -0.1) is 11.6 Å². The average Bonchev–Trinajstić information content (AvgIpc) is 2.73. The Labute approximate surface area is 118 Å². The van der Waals surface area contributed by atoms with Crippen molar-refractivity contribution in [2.24, 2.45) is 0 Å². The summed E-state index contributed by atoms with van der Waals surface area (Å²) in [7, 11) is 0. The fourth-order valence-corrected chi connectivity index (χ4v) is 2.82. The number of hydrogen-bond donors (Lipinski definition) is 0. The van der Waals surface area contributed by atoms with Crippen LogP contribution in [0.1, 0.15) is 45.0 Å². The second-order valence-corrected chi connectivity index (χ2v) is 5.22. The topological polar surface area (TPSA) is 17.8 Å². The van der Waals surface area contributed by atoms with Crippen LogP contribution in [-0.4, -0.2) is 9.55 Å². The van der Waals surface area contributed by atoms with Gasteiger partial charge in [-0.2, -0.15) is 0 Å². The lowest BCUT2D eigenvalue weighted by atomic mass is 10.1. The number of imidazole rings is 1. The van der Waals surface area contributed by atoms with E-state index in [0.29, 0.717) is 11.9 Å².